The molecule has 3 aliphatic rings. The van der Waals surface area contributed by atoms with Crippen LogP contribution in [-0.2, 0) is 13.3 Å². The molecule has 0 unspecified atom stereocenters. The van der Waals surface area contributed by atoms with Gasteiger partial charge in [-0.15, -0.1) is 0 Å². The third-order valence-corrected chi connectivity index (χ3v) is 8.26. The number of nitrogens with zero attached hydrogens (tertiary/aromatic N) is 7. The second-order valence-electron chi connectivity index (χ2n) is 11.0. The second-order valence-corrected chi connectivity index (χ2v) is 11.0. The molecule has 9 nitrogen and oxygen atoms in total. The van der Waals surface area contributed by atoms with Gasteiger partial charge in [0.05, 0.1) is 17.0 Å². The summed E-state index contributed by atoms with van der Waals surface area (Å²) < 4.78 is 8.34. The number of fused-ring (bicyclic) bond motifs is 3. The Morgan fingerprint density at radius 2 is 1.90 bits per heavy atom. The predicted octanol–water partition coefficient (Wildman–Crippen LogP) is 5.66. The van der Waals surface area contributed by atoms with E-state index in [0.717, 1.165) is 79.5 Å². The number of imidazole rings is 1. The first-order chi connectivity index (χ1) is 20.2. The third-order valence-electron chi connectivity index (χ3n) is 8.26. The molecule has 1 aromatic carbocycles. The van der Waals surface area contributed by atoms with Crippen molar-refractivity contribution >= 4 is 11.4 Å². The largest absolute Gasteiger partial charge is 0.472 e. The Morgan fingerprint density at radius 3 is 2.71 bits per heavy atom. The topological polar surface area (TPSA) is 105 Å². The molecule has 1 fully saturated rings. The number of allylic oxidation sites excluding steroid dienone is 2. The molecule has 0 amide bonds. The summed E-state index contributed by atoms with van der Waals surface area (Å²) in [6.07, 6.45) is 14.3. The number of nitrogens with one attached hydrogen (secondary N) is 1. The lowest BCUT2D eigenvalue weighted by molar-refractivity contribution is 0.211. The minimum absolute atomic E-state index is 0.198. The molecule has 3 aromatic heterocycles. The average Bonchev–Trinajstić information content (AvgIpc) is 3.43. The molecule has 1 saturated heterocycles. The van der Waals surface area contributed by atoms with E-state index < -0.39 is 0 Å². The van der Waals surface area contributed by atoms with Gasteiger partial charge in [0.25, 0.3) is 0 Å². The molecule has 0 atom stereocenters. The van der Waals surface area contributed by atoms with Gasteiger partial charge in [-0.2, -0.15) is 5.26 Å². The molecule has 41 heavy (non-hydrogen) atoms. The van der Waals surface area contributed by atoms with Gasteiger partial charge in [0.1, 0.15) is 23.5 Å². The van der Waals surface area contributed by atoms with E-state index in [2.05, 4.69) is 60.1 Å². The summed E-state index contributed by atoms with van der Waals surface area (Å²) in [6, 6.07) is 15.0. The lowest BCUT2D eigenvalue weighted by Gasteiger charge is -2.32. The average molecular weight is 545 g/mol. The Labute approximate surface area is 239 Å². The normalized spacial score (nSPS) is 17.1. The van der Waals surface area contributed by atoms with Gasteiger partial charge in [0.15, 0.2) is 6.73 Å². The Bertz CT molecular complexity index is 1630. The summed E-state index contributed by atoms with van der Waals surface area (Å²) in [5.74, 6) is 2.69. The van der Waals surface area contributed by atoms with Gasteiger partial charge < -0.3 is 10.1 Å². The van der Waals surface area contributed by atoms with Crippen molar-refractivity contribution in [1.29, 1.82) is 5.26 Å². The highest BCUT2D eigenvalue weighted by molar-refractivity contribution is 5.82. The molecule has 0 saturated carbocycles. The van der Waals surface area contributed by atoms with Crippen LogP contribution >= 0.6 is 0 Å². The number of ether oxygens (including phenoxy) is 1. The monoisotopic (exact) mass is 544 g/mol. The van der Waals surface area contributed by atoms with Crippen molar-refractivity contribution in [2.45, 2.75) is 57.8 Å². The van der Waals surface area contributed by atoms with Crippen LogP contribution in [0, 0.1) is 11.3 Å². The maximum atomic E-state index is 9.05. The first-order valence-corrected chi connectivity index (χ1v) is 14.4. The van der Waals surface area contributed by atoms with Gasteiger partial charge in [-0.3, -0.25) is 14.5 Å². The number of rotatable bonds is 6. The van der Waals surface area contributed by atoms with Gasteiger partial charge >= 0.3 is 0 Å². The number of hydrogen-bond acceptors (Lipinski definition) is 8. The molecule has 5 heterocycles. The number of nitriles is 1. The molecule has 0 spiro atoms. The quantitative estimate of drug-likeness (QED) is 0.332. The highest BCUT2D eigenvalue weighted by Gasteiger charge is 2.28. The van der Waals surface area contributed by atoms with Gasteiger partial charge in [0, 0.05) is 49.8 Å². The van der Waals surface area contributed by atoms with E-state index in [9.17, 15) is 0 Å². The highest BCUT2D eigenvalue weighted by Crippen LogP contribution is 2.41. The van der Waals surface area contributed by atoms with E-state index in [1.54, 1.807) is 12.4 Å². The van der Waals surface area contributed by atoms with Crippen LogP contribution in [0.15, 0.2) is 61.1 Å². The van der Waals surface area contributed by atoms with Crippen molar-refractivity contribution in [2.24, 2.45) is 0 Å². The van der Waals surface area contributed by atoms with Crippen LogP contribution in [0.2, 0.25) is 0 Å². The van der Waals surface area contributed by atoms with Crippen molar-refractivity contribution < 1.29 is 4.74 Å². The van der Waals surface area contributed by atoms with E-state index in [0.29, 0.717) is 12.8 Å². The van der Waals surface area contributed by atoms with E-state index in [1.165, 1.54) is 29.7 Å². The number of pyridine rings is 1. The van der Waals surface area contributed by atoms with E-state index >= 15 is 0 Å². The first kappa shape index (κ1) is 25.4. The minimum Gasteiger partial charge on any atom is -0.472 e. The Balaban J connectivity index is 1.07. The standard InChI is InChI=1S/C32H32N8O/c33-18-29-35-15-11-28(37-29)36-25-12-16-39(17-13-25)20-22-6-8-23(9-7-22)30-31(24-4-2-1-3-5-24)40-21-41-27-10-14-34-19-26(27)32(40)38-30/h4,6-11,14-15,19,25H,1-3,5,12-13,16-17,20-21H2,(H,35,36,37). The zero-order valence-corrected chi connectivity index (χ0v) is 23.0. The summed E-state index contributed by atoms with van der Waals surface area (Å²) in [7, 11) is 0. The maximum absolute atomic E-state index is 9.05. The molecule has 0 radical (unpaired) electrons. The number of hydrogen-bond donors (Lipinski definition) is 1. The summed E-state index contributed by atoms with van der Waals surface area (Å²) in [5.41, 5.74) is 6.95. The molecule has 2 aliphatic heterocycles. The first-order valence-electron chi connectivity index (χ1n) is 14.4. The van der Waals surface area contributed by atoms with Crippen LogP contribution in [0.1, 0.15) is 55.6 Å². The molecule has 9 heteroatoms. The van der Waals surface area contributed by atoms with Crippen LogP contribution in [0.3, 0.4) is 0 Å². The van der Waals surface area contributed by atoms with Crippen LogP contribution in [0.25, 0.3) is 28.2 Å². The summed E-state index contributed by atoms with van der Waals surface area (Å²) in [6.45, 7) is 3.40. The van der Waals surface area contributed by atoms with Crippen LogP contribution in [0.5, 0.6) is 5.75 Å². The molecular formula is C32H32N8O. The SMILES string of the molecule is N#Cc1nccc(NC2CCN(Cc3ccc(-c4nc5n(c4C4=CCCCC4)COc4ccncc4-5)cc3)CC2)n1. The Hall–Kier alpha value is -4.55. The van der Waals surface area contributed by atoms with Crippen molar-refractivity contribution in [2.75, 3.05) is 18.4 Å². The number of anilines is 1. The van der Waals surface area contributed by atoms with E-state index in [4.69, 9.17) is 15.0 Å². The summed E-state index contributed by atoms with van der Waals surface area (Å²) >= 11 is 0. The fourth-order valence-corrected chi connectivity index (χ4v) is 6.14. The molecule has 1 N–H and O–H groups in total. The van der Waals surface area contributed by atoms with Crippen LogP contribution in [-0.4, -0.2) is 48.5 Å². The maximum Gasteiger partial charge on any atom is 0.234 e. The predicted molar refractivity (Wildman–Crippen MR) is 157 cm³/mol. The lowest BCUT2D eigenvalue weighted by Crippen LogP contribution is -2.38. The zero-order valence-electron chi connectivity index (χ0n) is 23.0. The number of likely N-dealkylation sites (tertiary alicyclic amines) is 1. The Morgan fingerprint density at radius 1 is 1.02 bits per heavy atom. The minimum atomic E-state index is 0.198. The highest BCUT2D eigenvalue weighted by atomic mass is 16.5. The van der Waals surface area contributed by atoms with Crippen molar-refractivity contribution in [3.8, 4) is 34.5 Å². The summed E-state index contributed by atoms with van der Waals surface area (Å²) in [5, 5.41) is 12.5. The van der Waals surface area contributed by atoms with Crippen molar-refractivity contribution in [3.05, 3.63) is 78.1 Å². The molecule has 4 aromatic rings. The van der Waals surface area contributed by atoms with Crippen molar-refractivity contribution in [1.82, 2.24) is 29.4 Å². The lowest BCUT2D eigenvalue weighted by atomic mass is 9.94. The Kier molecular flexibility index (Phi) is 6.91. The van der Waals surface area contributed by atoms with E-state index in [1.807, 2.05) is 24.4 Å². The smallest absolute Gasteiger partial charge is 0.234 e. The van der Waals surface area contributed by atoms with Gasteiger partial charge in [0.2, 0.25) is 5.82 Å². The zero-order chi connectivity index (χ0) is 27.6. The van der Waals surface area contributed by atoms with Crippen molar-refractivity contribution in [3.63, 3.8) is 0 Å². The van der Waals surface area contributed by atoms with Crippen LogP contribution in [0.4, 0.5) is 5.82 Å². The van der Waals surface area contributed by atoms with Crippen LogP contribution < -0.4 is 10.1 Å². The van der Waals surface area contributed by atoms with E-state index in [-0.39, 0.29) is 5.82 Å². The summed E-state index contributed by atoms with van der Waals surface area (Å²) in [4.78, 5) is 20.3. The molecular weight excluding hydrogens is 512 g/mol. The fraction of sp³-hybridized carbons (Fsp3) is 0.344. The van der Waals surface area contributed by atoms with Gasteiger partial charge in [-0.25, -0.2) is 15.0 Å². The number of piperidine rings is 1. The fourth-order valence-electron chi connectivity index (χ4n) is 6.14. The van der Waals surface area contributed by atoms with Gasteiger partial charge in [-0.1, -0.05) is 30.3 Å². The molecule has 206 valence electrons. The molecule has 1 aliphatic carbocycles. The second kappa shape index (κ2) is 11.1. The number of benzene rings is 1. The van der Waals surface area contributed by atoms with Gasteiger partial charge in [-0.05, 0) is 61.8 Å². The molecule has 7 rings (SSSR count). The molecule has 0 bridgehead atoms. The number of aromatic nitrogens is 5. The third kappa shape index (κ3) is 5.19.